The number of ketones is 1. The van der Waals surface area contributed by atoms with Gasteiger partial charge in [-0.3, -0.25) is 14.4 Å². The lowest BCUT2D eigenvalue weighted by molar-refractivity contribution is -0.138. The molecular weight excluding hydrogens is 220 g/mol. The van der Waals surface area contributed by atoms with Crippen molar-refractivity contribution >= 4 is 29.4 Å². The van der Waals surface area contributed by atoms with Gasteiger partial charge in [-0.05, 0) is 6.92 Å². The molecule has 0 saturated heterocycles. The summed E-state index contributed by atoms with van der Waals surface area (Å²) in [6, 6.07) is -0.931. The number of thioether (sulfide) groups is 1. The third-order valence-electron chi connectivity index (χ3n) is 1.40. The minimum absolute atomic E-state index is 0.147. The smallest absolute Gasteiger partial charge is 0.321 e. The second kappa shape index (κ2) is 7.24. The van der Waals surface area contributed by atoms with Crippen molar-refractivity contribution in [2.24, 2.45) is 5.73 Å². The Morgan fingerprint density at radius 2 is 2.07 bits per heavy atom. The monoisotopic (exact) mass is 234 g/mol. The van der Waals surface area contributed by atoms with Crippen molar-refractivity contribution in [1.29, 1.82) is 0 Å². The third-order valence-corrected chi connectivity index (χ3v) is 2.34. The van der Waals surface area contributed by atoms with Crippen LogP contribution in [0.1, 0.15) is 13.3 Å². The van der Waals surface area contributed by atoms with Gasteiger partial charge in [0.05, 0.1) is 12.3 Å². The van der Waals surface area contributed by atoms with Crippen LogP contribution in [0.15, 0.2) is 0 Å². The minimum atomic E-state index is -1.07. The number of Topliss-reactive ketones (excluding diaryl/α,β-unsaturated/α-hetero) is 1. The molecular formula is C8H14N2O4S. The first-order valence-corrected chi connectivity index (χ1v) is 5.41. The predicted octanol–water partition coefficient (Wildman–Crippen LogP) is -0.816. The Hall–Kier alpha value is -1.08. The molecule has 0 aromatic heterocycles. The van der Waals surface area contributed by atoms with E-state index in [1.165, 1.54) is 18.7 Å². The summed E-state index contributed by atoms with van der Waals surface area (Å²) in [6.45, 7) is 1.33. The summed E-state index contributed by atoms with van der Waals surface area (Å²) in [5.74, 6) is -1.17. The molecule has 15 heavy (non-hydrogen) atoms. The third kappa shape index (κ3) is 7.95. The number of aliphatic carboxylic acids is 1. The highest BCUT2D eigenvalue weighted by Gasteiger charge is 2.11. The molecule has 0 bridgehead atoms. The van der Waals surface area contributed by atoms with Crippen LogP contribution in [0.2, 0.25) is 0 Å². The molecule has 4 N–H and O–H groups in total. The summed E-state index contributed by atoms with van der Waals surface area (Å²) in [6.07, 6.45) is -0.147. The van der Waals surface area contributed by atoms with E-state index in [2.05, 4.69) is 5.32 Å². The molecule has 0 aromatic carbocycles. The first-order chi connectivity index (χ1) is 6.93. The van der Waals surface area contributed by atoms with Gasteiger partial charge in [-0.25, -0.2) is 0 Å². The number of rotatable bonds is 7. The second-order valence-electron chi connectivity index (χ2n) is 2.94. The van der Waals surface area contributed by atoms with Gasteiger partial charge in [-0.15, -0.1) is 11.8 Å². The Balaban J connectivity index is 3.50. The molecule has 0 radical (unpaired) electrons. The normalized spacial score (nSPS) is 11.9. The lowest BCUT2D eigenvalue weighted by Crippen LogP contribution is -2.33. The van der Waals surface area contributed by atoms with Crippen LogP contribution in [-0.2, 0) is 14.4 Å². The SMILES string of the molecule is CC(=O)CC(=O)NCSC[C@H](N)C(=O)O. The summed E-state index contributed by atoms with van der Waals surface area (Å²) in [5.41, 5.74) is 5.23. The molecule has 0 aliphatic heterocycles. The number of nitrogens with two attached hydrogens (primary N) is 1. The molecule has 0 aliphatic rings. The summed E-state index contributed by atoms with van der Waals surface area (Å²) in [5, 5.41) is 10.9. The maximum Gasteiger partial charge on any atom is 0.321 e. The fraction of sp³-hybridized carbons (Fsp3) is 0.625. The van der Waals surface area contributed by atoms with Crippen LogP contribution in [0.3, 0.4) is 0 Å². The standard InChI is InChI=1S/C8H14N2O4S/c1-5(11)2-7(12)10-4-15-3-6(9)8(13)14/h6H,2-4,9H2,1H3,(H,10,12)(H,13,14)/t6-/m0/s1. The number of carboxylic acid groups (broad SMARTS) is 1. The van der Waals surface area contributed by atoms with E-state index < -0.39 is 12.0 Å². The Labute approximate surface area is 91.6 Å². The largest absolute Gasteiger partial charge is 0.480 e. The Kier molecular flexibility index (Phi) is 6.72. The molecule has 0 rings (SSSR count). The van der Waals surface area contributed by atoms with Gasteiger partial charge >= 0.3 is 5.97 Å². The molecule has 6 nitrogen and oxygen atoms in total. The Morgan fingerprint density at radius 3 is 2.53 bits per heavy atom. The molecule has 1 atom stereocenters. The number of carbonyl (C=O) groups is 3. The number of hydrogen-bond acceptors (Lipinski definition) is 5. The van der Waals surface area contributed by atoms with Crippen LogP contribution in [-0.4, -0.2) is 40.4 Å². The summed E-state index contributed by atoms with van der Waals surface area (Å²) < 4.78 is 0. The van der Waals surface area contributed by atoms with Crippen molar-refractivity contribution in [1.82, 2.24) is 5.32 Å². The number of amides is 1. The topological polar surface area (TPSA) is 109 Å². The van der Waals surface area contributed by atoms with Gasteiger partial charge in [0.15, 0.2) is 0 Å². The molecule has 0 spiro atoms. The van der Waals surface area contributed by atoms with Gasteiger partial charge in [0.1, 0.15) is 11.8 Å². The van der Waals surface area contributed by atoms with E-state index in [-0.39, 0.29) is 29.7 Å². The summed E-state index contributed by atoms with van der Waals surface area (Å²) >= 11 is 1.20. The van der Waals surface area contributed by atoms with Gasteiger partial charge in [0, 0.05) is 5.75 Å². The van der Waals surface area contributed by atoms with Gasteiger partial charge in [0.25, 0.3) is 0 Å². The van der Waals surface area contributed by atoms with Crippen molar-refractivity contribution in [3.05, 3.63) is 0 Å². The van der Waals surface area contributed by atoms with Crippen LogP contribution in [0.25, 0.3) is 0 Å². The number of nitrogens with one attached hydrogen (secondary N) is 1. The van der Waals surface area contributed by atoms with Gasteiger partial charge < -0.3 is 16.2 Å². The van der Waals surface area contributed by atoms with Crippen molar-refractivity contribution in [2.75, 3.05) is 11.6 Å². The van der Waals surface area contributed by atoms with Crippen molar-refractivity contribution in [3.63, 3.8) is 0 Å². The minimum Gasteiger partial charge on any atom is -0.480 e. The van der Waals surface area contributed by atoms with E-state index in [1.54, 1.807) is 0 Å². The fourth-order valence-electron chi connectivity index (χ4n) is 0.677. The van der Waals surface area contributed by atoms with Crippen molar-refractivity contribution in [3.8, 4) is 0 Å². The Bertz CT molecular complexity index is 257. The maximum absolute atomic E-state index is 10.9. The van der Waals surface area contributed by atoms with E-state index in [0.717, 1.165) is 0 Å². The summed E-state index contributed by atoms with van der Waals surface area (Å²) in [7, 11) is 0. The van der Waals surface area contributed by atoms with Crippen molar-refractivity contribution in [2.45, 2.75) is 19.4 Å². The zero-order valence-electron chi connectivity index (χ0n) is 8.36. The molecule has 7 heteroatoms. The summed E-state index contributed by atoms with van der Waals surface area (Å²) in [4.78, 5) is 31.8. The molecule has 0 unspecified atom stereocenters. The lowest BCUT2D eigenvalue weighted by atomic mass is 10.3. The van der Waals surface area contributed by atoms with Gasteiger partial charge in [0.2, 0.25) is 5.91 Å². The first-order valence-electron chi connectivity index (χ1n) is 4.25. The molecule has 0 fully saturated rings. The van der Waals surface area contributed by atoms with E-state index in [1.807, 2.05) is 0 Å². The van der Waals surface area contributed by atoms with Crippen molar-refractivity contribution < 1.29 is 19.5 Å². The number of carboxylic acids is 1. The van der Waals surface area contributed by atoms with Gasteiger partial charge in [-0.1, -0.05) is 0 Å². The number of hydrogen-bond donors (Lipinski definition) is 3. The Morgan fingerprint density at radius 1 is 1.47 bits per heavy atom. The van der Waals surface area contributed by atoms with E-state index in [4.69, 9.17) is 10.8 Å². The molecule has 0 saturated carbocycles. The fourth-order valence-corrected chi connectivity index (χ4v) is 1.45. The first kappa shape index (κ1) is 13.9. The average Bonchev–Trinajstić information content (AvgIpc) is 2.10. The predicted molar refractivity (Wildman–Crippen MR) is 56.4 cm³/mol. The maximum atomic E-state index is 10.9. The molecule has 1 amide bonds. The van der Waals surface area contributed by atoms with Crippen LogP contribution < -0.4 is 11.1 Å². The highest BCUT2D eigenvalue weighted by Crippen LogP contribution is 1.99. The van der Waals surface area contributed by atoms with E-state index >= 15 is 0 Å². The van der Waals surface area contributed by atoms with Gasteiger partial charge in [-0.2, -0.15) is 0 Å². The van der Waals surface area contributed by atoms with Crippen LogP contribution in [0.4, 0.5) is 0 Å². The lowest BCUT2D eigenvalue weighted by Gasteiger charge is -2.06. The second-order valence-corrected chi connectivity index (χ2v) is 3.97. The van der Waals surface area contributed by atoms with Crippen LogP contribution in [0.5, 0.6) is 0 Å². The number of carbonyl (C=O) groups excluding carboxylic acids is 2. The van der Waals surface area contributed by atoms with Crippen LogP contribution in [0, 0.1) is 0 Å². The highest BCUT2D eigenvalue weighted by atomic mass is 32.2. The van der Waals surface area contributed by atoms with E-state index in [9.17, 15) is 14.4 Å². The highest BCUT2D eigenvalue weighted by molar-refractivity contribution is 7.99. The molecule has 0 aromatic rings. The molecule has 0 aliphatic carbocycles. The van der Waals surface area contributed by atoms with Crippen LogP contribution >= 0.6 is 11.8 Å². The molecule has 0 heterocycles. The zero-order chi connectivity index (χ0) is 11.8. The average molecular weight is 234 g/mol. The molecule has 86 valence electrons. The van der Waals surface area contributed by atoms with E-state index in [0.29, 0.717) is 0 Å². The zero-order valence-corrected chi connectivity index (χ0v) is 9.17. The quantitative estimate of drug-likeness (QED) is 0.302.